The van der Waals surface area contributed by atoms with Gasteiger partial charge in [0.05, 0.1) is 0 Å². The quantitative estimate of drug-likeness (QED) is 0.785. The molecule has 2 rings (SSSR count). The summed E-state index contributed by atoms with van der Waals surface area (Å²) in [5.74, 6) is -0.467. The van der Waals surface area contributed by atoms with Crippen LogP contribution in [0.4, 0.5) is 4.79 Å². The molecule has 0 atom stereocenters. The van der Waals surface area contributed by atoms with Crippen LogP contribution in [0.3, 0.4) is 0 Å². The largest absolute Gasteiger partial charge is 0.355 e. The Hall–Kier alpha value is -1.59. The van der Waals surface area contributed by atoms with Gasteiger partial charge < -0.3 is 10.2 Å². The molecule has 112 valence electrons. The molecule has 0 aromatic carbocycles. The summed E-state index contributed by atoms with van der Waals surface area (Å²) in [4.78, 5) is 39.2. The monoisotopic (exact) mass is 281 g/mol. The molecule has 4 amide bonds. The molecule has 1 N–H and O–H groups in total. The van der Waals surface area contributed by atoms with Gasteiger partial charge in [0.1, 0.15) is 12.1 Å². The Balaban J connectivity index is 2.09. The van der Waals surface area contributed by atoms with E-state index in [0.29, 0.717) is 19.4 Å². The van der Waals surface area contributed by atoms with Gasteiger partial charge in [0, 0.05) is 13.6 Å². The summed E-state index contributed by atoms with van der Waals surface area (Å²) in [6.07, 6.45) is 5.27. The van der Waals surface area contributed by atoms with Gasteiger partial charge >= 0.3 is 6.03 Å². The van der Waals surface area contributed by atoms with Gasteiger partial charge in [0.15, 0.2) is 0 Å². The summed E-state index contributed by atoms with van der Waals surface area (Å²) in [5.41, 5.74) is -0.694. The number of urea groups is 1. The van der Waals surface area contributed by atoms with Crippen molar-refractivity contribution in [1.29, 1.82) is 0 Å². The van der Waals surface area contributed by atoms with Crippen molar-refractivity contribution in [3.05, 3.63) is 0 Å². The molecule has 0 aromatic rings. The molecule has 0 unspecified atom stereocenters. The highest BCUT2D eigenvalue weighted by Crippen LogP contribution is 2.39. The Labute approximate surface area is 119 Å². The second-order valence-electron chi connectivity index (χ2n) is 5.68. The molecule has 2 aliphatic rings. The van der Waals surface area contributed by atoms with Crippen molar-refractivity contribution in [1.82, 2.24) is 15.1 Å². The number of rotatable bonds is 4. The molecule has 0 aromatic heterocycles. The summed E-state index contributed by atoms with van der Waals surface area (Å²) >= 11 is 0. The van der Waals surface area contributed by atoms with E-state index in [1.54, 1.807) is 11.9 Å². The van der Waals surface area contributed by atoms with E-state index in [1.807, 2.05) is 6.92 Å². The molecular formula is C14H23N3O3. The lowest BCUT2D eigenvalue weighted by atomic mass is 9.81. The highest BCUT2D eigenvalue weighted by molar-refractivity contribution is 6.08. The number of hydrogen-bond acceptors (Lipinski definition) is 3. The van der Waals surface area contributed by atoms with Crippen molar-refractivity contribution in [3.63, 3.8) is 0 Å². The van der Waals surface area contributed by atoms with Gasteiger partial charge in [-0.3, -0.25) is 14.5 Å². The van der Waals surface area contributed by atoms with Crippen LogP contribution in [0, 0.1) is 0 Å². The Morgan fingerprint density at radius 2 is 1.90 bits per heavy atom. The third-order valence-electron chi connectivity index (χ3n) is 4.36. The van der Waals surface area contributed by atoms with Crippen LogP contribution in [0.15, 0.2) is 0 Å². The van der Waals surface area contributed by atoms with Gasteiger partial charge in [-0.15, -0.1) is 0 Å². The van der Waals surface area contributed by atoms with Crippen molar-refractivity contribution >= 4 is 17.8 Å². The van der Waals surface area contributed by atoms with Crippen LogP contribution in [0.2, 0.25) is 0 Å². The molecule has 0 bridgehead atoms. The molecule has 1 saturated carbocycles. The Morgan fingerprint density at radius 1 is 1.25 bits per heavy atom. The van der Waals surface area contributed by atoms with Crippen LogP contribution >= 0.6 is 0 Å². The van der Waals surface area contributed by atoms with Gasteiger partial charge in [0.25, 0.3) is 5.91 Å². The zero-order valence-corrected chi connectivity index (χ0v) is 12.3. The Kier molecular flexibility index (Phi) is 4.30. The lowest BCUT2D eigenvalue weighted by Crippen LogP contribution is -2.49. The molecular weight excluding hydrogens is 258 g/mol. The van der Waals surface area contributed by atoms with Crippen LogP contribution in [-0.4, -0.2) is 53.3 Å². The van der Waals surface area contributed by atoms with E-state index in [2.05, 4.69) is 5.32 Å². The van der Waals surface area contributed by atoms with Crippen molar-refractivity contribution in [3.8, 4) is 0 Å². The smallest absolute Gasteiger partial charge is 0.327 e. The molecule has 20 heavy (non-hydrogen) atoms. The van der Waals surface area contributed by atoms with E-state index in [-0.39, 0.29) is 24.4 Å². The fourth-order valence-electron chi connectivity index (χ4n) is 3.14. The fraction of sp³-hybridized carbons (Fsp3) is 0.786. The minimum atomic E-state index is -0.694. The van der Waals surface area contributed by atoms with Crippen molar-refractivity contribution in [2.24, 2.45) is 0 Å². The maximum Gasteiger partial charge on any atom is 0.327 e. The van der Waals surface area contributed by atoms with Crippen molar-refractivity contribution in [2.45, 2.75) is 51.0 Å². The zero-order chi connectivity index (χ0) is 14.8. The number of amides is 4. The third-order valence-corrected chi connectivity index (χ3v) is 4.36. The summed E-state index contributed by atoms with van der Waals surface area (Å²) < 4.78 is 0. The number of nitrogens with zero attached hydrogens (tertiary/aromatic N) is 2. The Bertz CT molecular complexity index is 416. The third kappa shape index (κ3) is 2.39. The predicted molar refractivity (Wildman–Crippen MR) is 74.0 cm³/mol. The average Bonchev–Trinajstić information content (AvgIpc) is 2.62. The van der Waals surface area contributed by atoms with Gasteiger partial charge in [0.2, 0.25) is 5.91 Å². The fourth-order valence-corrected chi connectivity index (χ4v) is 3.14. The highest BCUT2D eigenvalue weighted by atomic mass is 16.2. The van der Waals surface area contributed by atoms with Gasteiger partial charge in [-0.2, -0.15) is 0 Å². The first-order chi connectivity index (χ1) is 9.53. The van der Waals surface area contributed by atoms with E-state index in [1.165, 1.54) is 0 Å². The second kappa shape index (κ2) is 5.81. The molecule has 1 aliphatic carbocycles. The average molecular weight is 281 g/mol. The molecule has 6 heteroatoms. The van der Waals surface area contributed by atoms with Crippen molar-refractivity contribution < 1.29 is 14.4 Å². The van der Waals surface area contributed by atoms with Gasteiger partial charge in [-0.05, 0) is 19.3 Å². The summed E-state index contributed by atoms with van der Waals surface area (Å²) in [6, 6.07) is -0.344. The number of carbonyl (C=O) groups excluding carboxylic acids is 3. The van der Waals surface area contributed by atoms with E-state index < -0.39 is 5.54 Å². The molecule has 1 heterocycles. The standard InChI is InChI=1S/C14H23N3O3/c1-3-9-15-11(18)10-17-12(19)14(16(2)13(17)20)7-5-4-6-8-14/h3-10H2,1-2H3,(H,15,18). The molecule has 2 fully saturated rings. The van der Waals surface area contributed by atoms with E-state index in [9.17, 15) is 14.4 Å². The lowest BCUT2D eigenvalue weighted by molar-refractivity contribution is -0.137. The first-order valence-corrected chi connectivity index (χ1v) is 7.39. The first-order valence-electron chi connectivity index (χ1n) is 7.39. The molecule has 1 spiro atoms. The van der Waals surface area contributed by atoms with E-state index in [0.717, 1.165) is 30.6 Å². The van der Waals surface area contributed by atoms with Crippen LogP contribution < -0.4 is 5.32 Å². The maximum atomic E-state index is 12.6. The lowest BCUT2D eigenvalue weighted by Gasteiger charge is -2.35. The number of likely N-dealkylation sites (N-methyl/N-ethyl adjacent to an activating group) is 1. The van der Waals surface area contributed by atoms with Crippen LogP contribution in [0.25, 0.3) is 0 Å². The number of imide groups is 1. The normalized spacial score (nSPS) is 21.7. The number of carbonyl (C=O) groups is 3. The van der Waals surface area contributed by atoms with Crippen LogP contribution in [-0.2, 0) is 9.59 Å². The van der Waals surface area contributed by atoms with Gasteiger partial charge in [-0.25, -0.2) is 4.79 Å². The van der Waals surface area contributed by atoms with Crippen molar-refractivity contribution in [2.75, 3.05) is 20.1 Å². The minimum absolute atomic E-state index is 0.163. The minimum Gasteiger partial charge on any atom is -0.355 e. The second-order valence-corrected chi connectivity index (χ2v) is 5.68. The number of hydrogen-bond donors (Lipinski definition) is 1. The summed E-state index contributed by atoms with van der Waals surface area (Å²) in [7, 11) is 1.68. The predicted octanol–water partition coefficient (Wildman–Crippen LogP) is 1.11. The topological polar surface area (TPSA) is 69.7 Å². The molecule has 1 aliphatic heterocycles. The summed E-state index contributed by atoms with van der Waals surface area (Å²) in [6.45, 7) is 2.36. The van der Waals surface area contributed by atoms with E-state index in [4.69, 9.17) is 0 Å². The highest BCUT2D eigenvalue weighted by Gasteiger charge is 2.55. The SMILES string of the molecule is CCCNC(=O)CN1C(=O)N(C)C2(CCCCC2)C1=O. The Morgan fingerprint density at radius 3 is 2.50 bits per heavy atom. The van der Waals surface area contributed by atoms with Crippen LogP contribution in [0.5, 0.6) is 0 Å². The molecule has 0 radical (unpaired) electrons. The first kappa shape index (κ1) is 14.8. The van der Waals surface area contributed by atoms with Gasteiger partial charge in [-0.1, -0.05) is 26.2 Å². The molecule has 6 nitrogen and oxygen atoms in total. The maximum absolute atomic E-state index is 12.6. The molecule has 1 saturated heterocycles. The van der Waals surface area contributed by atoms with Crippen LogP contribution in [0.1, 0.15) is 45.4 Å². The number of nitrogens with one attached hydrogen (secondary N) is 1. The van der Waals surface area contributed by atoms with E-state index >= 15 is 0 Å². The zero-order valence-electron chi connectivity index (χ0n) is 12.3. The summed E-state index contributed by atoms with van der Waals surface area (Å²) in [5, 5.41) is 2.70.